The summed E-state index contributed by atoms with van der Waals surface area (Å²) in [5.41, 5.74) is 0.661. The fourth-order valence-corrected chi connectivity index (χ4v) is 1.95. The van der Waals surface area contributed by atoms with Crippen molar-refractivity contribution in [1.82, 2.24) is 4.90 Å². The highest BCUT2D eigenvalue weighted by molar-refractivity contribution is 7.98. The zero-order valence-electron chi connectivity index (χ0n) is 10.4. The third kappa shape index (κ3) is 2.94. The lowest BCUT2D eigenvalue weighted by molar-refractivity contribution is 0.0822. The molecule has 0 unspecified atom stereocenters. The maximum Gasteiger partial charge on any atom is 0.257 e. The Morgan fingerprint density at radius 3 is 2.65 bits per heavy atom. The molecular weight excluding hydrogens is 234 g/mol. The fourth-order valence-electron chi connectivity index (χ4n) is 1.51. The van der Waals surface area contributed by atoms with E-state index in [0.29, 0.717) is 17.4 Å². The molecule has 0 atom stereocenters. The Morgan fingerprint density at radius 2 is 2.12 bits per heavy atom. The van der Waals surface area contributed by atoms with E-state index in [-0.39, 0.29) is 5.91 Å². The molecule has 3 nitrogen and oxygen atoms in total. The van der Waals surface area contributed by atoms with Crippen LogP contribution in [-0.4, -0.2) is 37.3 Å². The van der Waals surface area contributed by atoms with Gasteiger partial charge in [0, 0.05) is 19.0 Å². The number of amides is 1. The average Bonchev–Trinajstić information content (AvgIpc) is 3.12. The molecule has 17 heavy (non-hydrogen) atoms. The quantitative estimate of drug-likeness (QED) is 0.770. The number of rotatable bonds is 4. The van der Waals surface area contributed by atoms with Gasteiger partial charge in [0.1, 0.15) is 5.75 Å². The number of hydrogen-bond acceptors (Lipinski definition) is 3. The third-order valence-corrected chi connectivity index (χ3v) is 3.37. The van der Waals surface area contributed by atoms with E-state index in [1.807, 2.05) is 24.5 Å². The number of carbonyl (C=O) groups is 1. The minimum absolute atomic E-state index is 0.00319. The second kappa shape index (κ2) is 5.00. The van der Waals surface area contributed by atoms with Gasteiger partial charge in [-0.2, -0.15) is 0 Å². The first-order valence-electron chi connectivity index (χ1n) is 5.68. The first kappa shape index (κ1) is 12.3. The van der Waals surface area contributed by atoms with Crippen LogP contribution in [0.15, 0.2) is 23.1 Å². The van der Waals surface area contributed by atoms with Crippen molar-refractivity contribution in [3.8, 4) is 5.75 Å². The van der Waals surface area contributed by atoms with E-state index >= 15 is 0 Å². The zero-order chi connectivity index (χ0) is 12.4. The van der Waals surface area contributed by atoms with Crippen LogP contribution in [0.25, 0.3) is 0 Å². The maximum absolute atomic E-state index is 12.1. The molecule has 92 valence electrons. The molecule has 0 aromatic heterocycles. The van der Waals surface area contributed by atoms with Gasteiger partial charge in [-0.1, -0.05) is 0 Å². The van der Waals surface area contributed by atoms with Gasteiger partial charge in [-0.05, 0) is 37.3 Å². The van der Waals surface area contributed by atoms with Gasteiger partial charge in [0.2, 0.25) is 0 Å². The molecule has 1 aliphatic carbocycles. The van der Waals surface area contributed by atoms with Gasteiger partial charge in [-0.3, -0.25) is 4.79 Å². The van der Waals surface area contributed by atoms with E-state index in [0.717, 1.165) is 17.7 Å². The van der Waals surface area contributed by atoms with Gasteiger partial charge in [-0.15, -0.1) is 11.8 Å². The second-order valence-corrected chi connectivity index (χ2v) is 5.26. The Labute approximate surface area is 106 Å². The van der Waals surface area contributed by atoms with Gasteiger partial charge in [0.05, 0.1) is 11.7 Å². The summed E-state index contributed by atoms with van der Waals surface area (Å²) in [7, 11) is 3.52. The monoisotopic (exact) mass is 251 g/mol. The number of ether oxygens (including phenoxy) is 1. The average molecular weight is 251 g/mol. The molecule has 0 heterocycles. The summed E-state index contributed by atoms with van der Waals surface area (Å²) in [6.45, 7) is 0. The molecule has 1 aromatic carbocycles. The minimum atomic E-state index is -0.00319. The van der Waals surface area contributed by atoms with Crippen molar-refractivity contribution in [3.63, 3.8) is 0 Å². The molecule has 1 aliphatic rings. The Bertz CT molecular complexity index is 427. The highest BCUT2D eigenvalue weighted by Crippen LogP contribution is 2.31. The topological polar surface area (TPSA) is 29.5 Å². The maximum atomic E-state index is 12.1. The smallest absolute Gasteiger partial charge is 0.257 e. The largest absolute Gasteiger partial charge is 0.490 e. The van der Waals surface area contributed by atoms with Crippen LogP contribution in [0.2, 0.25) is 0 Å². The zero-order valence-corrected chi connectivity index (χ0v) is 11.2. The van der Waals surface area contributed by atoms with Gasteiger partial charge >= 0.3 is 0 Å². The van der Waals surface area contributed by atoms with Crippen LogP contribution in [0.5, 0.6) is 5.75 Å². The second-order valence-electron chi connectivity index (χ2n) is 4.38. The van der Waals surface area contributed by atoms with Crippen LogP contribution in [0.4, 0.5) is 0 Å². The van der Waals surface area contributed by atoms with Crippen molar-refractivity contribution in [2.45, 2.75) is 23.8 Å². The predicted molar refractivity (Wildman–Crippen MR) is 69.9 cm³/mol. The number of thioether (sulfide) groups is 1. The normalized spacial score (nSPS) is 14.5. The van der Waals surface area contributed by atoms with Crippen molar-refractivity contribution in [2.24, 2.45) is 0 Å². The Balaban J connectivity index is 2.31. The molecule has 0 spiro atoms. The lowest BCUT2D eigenvalue weighted by Gasteiger charge is -2.15. The Morgan fingerprint density at radius 1 is 1.41 bits per heavy atom. The van der Waals surface area contributed by atoms with E-state index in [2.05, 4.69) is 0 Å². The molecule has 2 rings (SSSR count). The van der Waals surface area contributed by atoms with Crippen LogP contribution < -0.4 is 4.74 Å². The lowest BCUT2D eigenvalue weighted by Crippen LogP contribution is -2.22. The number of nitrogens with zero attached hydrogens (tertiary/aromatic N) is 1. The Hall–Kier alpha value is -1.16. The van der Waals surface area contributed by atoms with Crippen molar-refractivity contribution >= 4 is 17.7 Å². The fraction of sp³-hybridized carbons (Fsp3) is 0.462. The summed E-state index contributed by atoms with van der Waals surface area (Å²) in [4.78, 5) is 14.7. The third-order valence-electron chi connectivity index (χ3n) is 2.64. The van der Waals surface area contributed by atoms with Gasteiger partial charge in [0.15, 0.2) is 0 Å². The highest BCUT2D eigenvalue weighted by atomic mass is 32.2. The SMILES string of the molecule is CSc1ccc(OC2CC2)c(C(=O)N(C)C)c1. The molecule has 1 saturated carbocycles. The molecule has 0 aliphatic heterocycles. The molecule has 1 amide bonds. The summed E-state index contributed by atoms with van der Waals surface area (Å²) in [6, 6.07) is 5.81. The summed E-state index contributed by atoms with van der Waals surface area (Å²) in [6.07, 6.45) is 4.50. The standard InChI is InChI=1S/C13H17NO2S/c1-14(2)13(15)11-8-10(17-3)6-7-12(11)16-9-4-5-9/h6-9H,4-5H2,1-3H3. The highest BCUT2D eigenvalue weighted by Gasteiger charge is 2.26. The minimum Gasteiger partial charge on any atom is -0.490 e. The van der Waals surface area contributed by atoms with Crippen LogP contribution in [0.1, 0.15) is 23.2 Å². The lowest BCUT2D eigenvalue weighted by atomic mass is 10.2. The van der Waals surface area contributed by atoms with Gasteiger partial charge < -0.3 is 9.64 Å². The molecule has 0 N–H and O–H groups in total. The molecule has 4 heteroatoms. The molecule has 1 fully saturated rings. The first-order valence-corrected chi connectivity index (χ1v) is 6.90. The van der Waals surface area contributed by atoms with E-state index in [4.69, 9.17) is 4.74 Å². The van der Waals surface area contributed by atoms with Crippen LogP contribution in [-0.2, 0) is 0 Å². The van der Waals surface area contributed by atoms with E-state index in [1.54, 1.807) is 30.8 Å². The van der Waals surface area contributed by atoms with Crippen molar-refractivity contribution < 1.29 is 9.53 Å². The van der Waals surface area contributed by atoms with E-state index in [9.17, 15) is 4.79 Å². The predicted octanol–water partition coefficient (Wildman–Crippen LogP) is 2.65. The summed E-state index contributed by atoms with van der Waals surface area (Å²) in [5.74, 6) is 0.709. The van der Waals surface area contributed by atoms with Crippen molar-refractivity contribution in [3.05, 3.63) is 23.8 Å². The summed E-state index contributed by atoms with van der Waals surface area (Å²) < 4.78 is 5.77. The molecule has 0 bridgehead atoms. The number of carbonyl (C=O) groups excluding carboxylic acids is 1. The molecule has 0 saturated heterocycles. The van der Waals surface area contributed by atoms with Crippen LogP contribution in [0.3, 0.4) is 0 Å². The molecule has 1 aromatic rings. The van der Waals surface area contributed by atoms with Gasteiger partial charge in [-0.25, -0.2) is 0 Å². The number of benzene rings is 1. The van der Waals surface area contributed by atoms with Crippen LogP contribution in [0, 0.1) is 0 Å². The number of hydrogen-bond donors (Lipinski definition) is 0. The summed E-state index contributed by atoms with van der Waals surface area (Å²) >= 11 is 1.63. The van der Waals surface area contributed by atoms with Crippen molar-refractivity contribution in [1.29, 1.82) is 0 Å². The summed E-state index contributed by atoms with van der Waals surface area (Å²) in [5, 5.41) is 0. The molecule has 0 radical (unpaired) electrons. The van der Waals surface area contributed by atoms with E-state index in [1.165, 1.54) is 0 Å². The van der Waals surface area contributed by atoms with Gasteiger partial charge in [0.25, 0.3) is 5.91 Å². The van der Waals surface area contributed by atoms with Crippen molar-refractivity contribution in [2.75, 3.05) is 20.4 Å². The Kier molecular flexibility index (Phi) is 3.62. The first-order chi connectivity index (χ1) is 8.11. The van der Waals surface area contributed by atoms with Crippen LogP contribution >= 0.6 is 11.8 Å². The van der Waals surface area contributed by atoms with E-state index < -0.39 is 0 Å². The molecular formula is C13H17NO2S.